The molecule has 3 N–H and O–H groups in total. The first kappa shape index (κ1) is 19.1. The zero-order valence-electron chi connectivity index (χ0n) is 16.3. The van der Waals surface area contributed by atoms with Crippen molar-refractivity contribution in [3.8, 4) is 0 Å². The van der Waals surface area contributed by atoms with Crippen LogP contribution < -0.4 is 11.1 Å². The number of carbonyl (C=O) groups is 2. The summed E-state index contributed by atoms with van der Waals surface area (Å²) in [5.41, 5.74) is 7.81. The molecule has 2 aromatic heterocycles. The smallest absolute Gasteiger partial charge is 0.256 e. The summed E-state index contributed by atoms with van der Waals surface area (Å²) < 4.78 is 1.48. The van der Waals surface area contributed by atoms with Crippen LogP contribution in [-0.4, -0.2) is 76.0 Å². The standard InChI is InChI=1S/C18H27N7O2/c1-11-7-15-20-10-14(17(19)25(15)22-11)18(27)21-9-13-6-5-12(24(13)4)8-16(26)23(2)3/h7,10,12-13H,5-6,8-9,19H2,1-4H3,(H,21,27)/t12-,13+/m1/s1. The Balaban J connectivity index is 1.61. The van der Waals surface area contributed by atoms with Crippen molar-refractivity contribution in [3.63, 3.8) is 0 Å². The third-order valence-corrected chi connectivity index (χ3v) is 5.28. The number of rotatable bonds is 5. The van der Waals surface area contributed by atoms with Crippen LogP contribution in [0.15, 0.2) is 12.3 Å². The molecule has 1 aliphatic rings. The molecule has 9 heteroatoms. The van der Waals surface area contributed by atoms with Crippen LogP contribution in [0.1, 0.15) is 35.3 Å². The lowest BCUT2D eigenvalue weighted by molar-refractivity contribution is -0.129. The molecule has 146 valence electrons. The van der Waals surface area contributed by atoms with E-state index in [2.05, 4.69) is 20.3 Å². The molecule has 0 aromatic carbocycles. The van der Waals surface area contributed by atoms with Gasteiger partial charge >= 0.3 is 0 Å². The minimum Gasteiger partial charge on any atom is -0.383 e. The monoisotopic (exact) mass is 373 g/mol. The van der Waals surface area contributed by atoms with E-state index in [1.807, 2.05) is 14.0 Å². The highest BCUT2D eigenvalue weighted by atomic mass is 16.2. The van der Waals surface area contributed by atoms with Crippen molar-refractivity contribution in [1.82, 2.24) is 29.7 Å². The van der Waals surface area contributed by atoms with Gasteiger partial charge < -0.3 is 16.0 Å². The number of fused-ring (bicyclic) bond motifs is 1. The third kappa shape index (κ3) is 3.87. The van der Waals surface area contributed by atoms with Gasteiger partial charge in [0.1, 0.15) is 5.82 Å². The SMILES string of the molecule is Cc1cc2ncc(C(=O)NC[C@@H]3CC[C@H](CC(=O)N(C)C)N3C)c(N)n2n1. The minimum absolute atomic E-state index is 0.123. The molecule has 0 spiro atoms. The molecule has 1 aliphatic heterocycles. The average Bonchev–Trinajstić information content (AvgIpc) is 3.16. The predicted molar refractivity (Wildman–Crippen MR) is 102 cm³/mol. The van der Waals surface area contributed by atoms with E-state index in [-0.39, 0.29) is 29.7 Å². The first-order chi connectivity index (χ1) is 12.8. The predicted octanol–water partition coefficient (Wildman–Crippen LogP) is 0.291. The Hall–Kier alpha value is -2.68. The second kappa shape index (κ2) is 7.51. The number of likely N-dealkylation sites (N-methyl/N-ethyl adjacent to an activating group) is 1. The summed E-state index contributed by atoms with van der Waals surface area (Å²) in [6.45, 7) is 2.35. The molecule has 2 atom stereocenters. The summed E-state index contributed by atoms with van der Waals surface area (Å²) in [5, 5.41) is 7.21. The average molecular weight is 373 g/mol. The number of nitrogens with one attached hydrogen (secondary N) is 1. The molecule has 0 aliphatic carbocycles. The van der Waals surface area contributed by atoms with E-state index < -0.39 is 0 Å². The molecule has 3 heterocycles. The van der Waals surface area contributed by atoms with Gasteiger partial charge in [-0.15, -0.1) is 0 Å². The Morgan fingerprint density at radius 2 is 2.04 bits per heavy atom. The summed E-state index contributed by atoms with van der Waals surface area (Å²) in [6.07, 6.45) is 3.87. The highest BCUT2D eigenvalue weighted by Gasteiger charge is 2.32. The lowest BCUT2D eigenvalue weighted by Crippen LogP contribution is -2.42. The number of carbonyl (C=O) groups excluding carboxylic acids is 2. The fourth-order valence-electron chi connectivity index (χ4n) is 3.51. The highest BCUT2D eigenvalue weighted by molar-refractivity contribution is 5.98. The van der Waals surface area contributed by atoms with Crippen molar-refractivity contribution in [2.75, 3.05) is 33.4 Å². The van der Waals surface area contributed by atoms with E-state index in [9.17, 15) is 9.59 Å². The first-order valence-corrected chi connectivity index (χ1v) is 9.09. The highest BCUT2D eigenvalue weighted by Crippen LogP contribution is 2.24. The van der Waals surface area contributed by atoms with Crippen molar-refractivity contribution in [2.45, 2.75) is 38.3 Å². The molecule has 27 heavy (non-hydrogen) atoms. The molecule has 0 radical (unpaired) electrons. The maximum Gasteiger partial charge on any atom is 0.256 e. The van der Waals surface area contributed by atoms with Crippen LogP contribution in [0.25, 0.3) is 5.65 Å². The van der Waals surface area contributed by atoms with Crippen molar-refractivity contribution >= 4 is 23.3 Å². The quantitative estimate of drug-likeness (QED) is 0.780. The number of aromatic nitrogens is 3. The number of hydrogen-bond donors (Lipinski definition) is 2. The van der Waals surface area contributed by atoms with Gasteiger partial charge in [-0.25, -0.2) is 4.98 Å². The van der Waals surface area contributed by atoms with Gasteiger partial charge in [-0.2, -0.15) is 9.61 Å². The number of anilines is 1. The number of nitrogen functional groups attached to an aromatic ring is 1. The summed E-state index contributed by atoms with van der Waals surface area (Å²) in [5.74, 6) is 0.134. The Morgan fingerprint density at radius 3 is 2.74 bits per heavy atom. The first-order valence-electron chi connectivity index (χ1n) is 9.09. The van der Waals surface area contributed by atoms with Crippen LogP contribution in [0.5, 0.6) is 0 Å². The van der Waals surface area contributed by atoms with Gasteiger partial charge in [0, 0.05) is 51.4 Å². The van der Waals surface area contributed by atoms with Crippen LogP contribution >= 0.6 is 0 Å². The molecule has 1 fully saturated rings. The molecule has 0 bridgehead atoms. The molecule has 0 saturated carbocycles. The van der Waals surface area contributed by atoms with Gasteiger partial charge in [-0.1, -0.05) is 0 Å². The van der Waals surface area contributed by atoms with Gasteiger partial charge in [0.2, 0.25) is 5.91 Å². The molecule has 2 aromatic rings. The number of nitrogens with two attached hydrogens (primary N) is 1. The van der Waals surface area contributed by atoms with E-state index in [4.69, 9.17) is 5.73 Å². The van der Waals surface area contributed by atoms with Crippen LogP contribution in [-0.2, 0) is 4.79 Å². The van der Waals surface area contributed by atoms with Crippen LogP contribution in [0, 0.1) is 6.92 Å². The van der Waals surface area contributed by atoms with Gasteiger partial charge in [0.05, 0.1) is 11.3 Å². The van der Waals surface area contributed by atoms with Crippen molar-refractivity contribution < 1.29 is 9.59 Å². The van der Waals surface area contributed by atoms with E-state index >= 15 is 0 Å². The summed E-state index contributed by atoms with van der Waals surface area (Å²) in [6, 6.07) is 2.21. The molecule has 2 amide bonds. The largest absolute Gasteiger partial charge is 0.383 e. The summed E-state index contributed by atoms with van der Waals surface area (Å²) in [7, 11) is 5.54. The number of amides is 2. The second-order valence-corrected chi connectivity index (χ2v) is 7.37. The van der Waals surface area contributed by atoms with Gasteiger partial charge in [0.15, 0.2) is 5.65 Å². The zero-order chi connectivity index (χ0) is 19.7. The van der Waals surface area contributed by atoms with Gasteiger partial charge in [0.25, 0.3) is 5.91 Å². The summed E-state index contributed by atoms with van der Waals surface area (Å²) in [4.78, 5) is 32.6. The molecule has 1 saturated heterocycles. The number of aryl methyl sites for hydroxylation is 1. The number of nitrogens with zero attached hydrogens (tertiary/aromatic N) is 5. The number of likely N-dealkylation sites (tertiary alicyclic amines) is 1. The Bertz CT molecular complexity index is 861. The van der Waals surface area contributed by atoms with Crippen LogP contribution in [0.3, 0.4) is 0 Å². The van der Waals surface area contributed by atoms with Crippen LogP contribution in [0.4, 0.5) is 5.82 Å². The van der Waals surface area contributed by atoms with E-state index in [1.165, 1.54) is 10.7 Å². The lowest BCUT2D eigenvalue weighted by atomic mass is 10.1. The molecular formula is C18H27N7O2. The fraction of sp³-hybridized carbons (Fsp3) is 0.556. The van der Waals surface area contributed by atoms with Crippen molar-refractivity contribution in [2.24, 2.45) is 0 Å². The second-order valence-electron chi connectivity index (χ2n) is 7.37. The Labute approximate surface area is 158 Å². The molecular weight excluding hydrogens is 346 g/mol. The minimum atomic E-state index is -0.267. The fourth-order valence-corrected chi connectivity index (χ4v) is 3.51. The topological polar surface area (TPSA) is 109 Å². The maximum atomic E-state index is 12.6. The molecule has 9 nitrogen and oxygen atoms in total. The van der Waals surface area contributed by atoms with Crippen molar-refractivity contribution in [3.05, 3.63) is 23.5 Å². The van der Waals surface area contributed by atoms with Crippen molar-refractivity contribution in [1.29, 1.82) is 0 Å². The Morgan fingerprint density at radius 1 is 1.33 bits per heavy atom. The lowest BCUT2D eigenvalue weighted by Gasteiger charge is -2.26. The normalized spacial score (nSPS) is 20.1. The summed E-state index contributed by atoms with van der Waals surface area (Å²) >= 11 is 0. The molecule has 3 rings (SSSR count). The maximum absolute atomic E-state index is 12.6. The third-order valence-electron chi connectivity index (χ3n) is 5.28. The Kier molecular flexibility index (Phi) is 5.31. The van der Waals surface area contributed by atoms with Crippen LogP contribution in [0.2, 0.25) is 0 Å². The van der Waals surface area contributed by atoms with E-state index in [0.717, 1.165) is 18.5 Å². The van der Waals surface area contributed by atoms with E-state index in [1.54, 1.807) is 25.1 Å². The van der Waals surface area contributed by atoms with Gasteiger partial charge in [-0.05, 0) is 26.8 Å². The van der Waals surface area contributed by atoms with E-state index in [0.29, 0.717) is 24.2 Å². The van der Waals surface area contributed by atoms with Gasteiger partial charge in [-0.3, -0.25) is 14.5 Å². The zero-order valence-corrected chi connectivity index (χ0v) is 16.3. The number of hydrogen-bond acceptors (Lipinski definition) is 6. The molecule has 0 unspecified atom stereocenters.